The summed E-state index contributed by atoms with van der Waals surface area (Å²) >= 11 is 0. The number of carbonyl (C=O) groups is 2. The Morgan fingerprint density at radius 1 is 1.16 bits per heavy atom. The number of aromatic nitrogens is 3. The number of halogens is 4. The second kappa shape index (κ2) is 10.00. The molecule has 2 amide bonds. The van der Waals surface area contributed by atoms with E-state index in [9.17, 15) is 27.2 Å². The highest BCUT2D eigenvalue weighted by molar-refractivity contribution is 6.05. The maximum atomic E-state index is 14.5. The van der Waals surface area contributed by atoms with Gasteiger partial charge in [-0.1, -0.05) is 6.07 Å². The van der Waals surface area contributed by atoms with E-state index in [-0.39, 0.29) is 24.2 Å². The number of hydrogen-bond donors (Lipinski definition) is 2. The topological polar surface area (TPSA) is 121 Å². The molecule has 4 aromatic rings. The number of nitrogens with zero attached hydrogens (tertiary/aromatic N) is 3. The van der Waals surface area contributed by atoms with Gasteiger partial charge in [0.2, 0.25) is 5.88 Å². The lowest BCUT2D eigenvalue weighted by molar-refractivity contribution is -0.274. The molecule has 0 saturated heterocycles. The molecule has 0 aliphatic heterocycles. The van der Waals surface area contributed by atoms with Gasteiger partial charge in [0.1, 0.15) is 17.1 Å². The molecular weight excluding hydrogens is 510 g/mol. The van der Waals surface area contributed by atoms with Crippen molar-refractivity contribution in [3.63, 3.8) is 0 Å². The van der Waals surface area contributed by atoms with Crippen molar-refractivity contribution in [1.29, 1.82) is 0 Å². The molecule has 0 bridgehead atoms. The number of hydrogen-bond acceptors (Lipinski definition) is 6. The molecule has 1 atom stereocenters. The van der Waals surface area contributed by atoms with Gasteiger partial charge in [-0.25, -0.2) is 9.37 Å². The molecule has 3 N–H and O–H groups in total. The van der Waals surface area contributed by atoms with Crippen LogP contribution in [0.3, 0.4) is 0 Å². The Balaban J connectivity index is 1.71. The predicted octanol–water partition coefficient (Wildman–Crippen LogP) is 4.27. The fraction of sp³-hybridized carbons (Fsp3) is 0.200. The first-order chi connectivity index (χ1) is 19.4. The van der Waals surface area contributed by atoms with Gasteiger partial charge in [0.25, 0.3) is 11.8 Å². The minimum atomic E-state index is -5.04. The highest BCUT2D eigenvalue weighted by atomic mass is 19.4. The van der Waals surface area contributed by atoms with Gasteiger partial charge in [-0.15, -0.1) is 13.2 Å². The molecular formula is C25H21F4N5O4. The summed E-state index contributed by atoms with van der Waals surface area (Å²) in [5, 5.41) is 6.85. The highest BCUT2D eigenvalue weighted by Gasteiger charge is 2.31. The number of aryl methyl sites for hydroxylation is 1. The number of ether oxygens (including phenoxy) is 2. The largest absolute Gasteiger partial charge is 0.573 e. The lowest BCUT2D eigenvalue weighted by Gasteiger charge is -2.18. The van der Waals surface area contributed by atoms with Gasteiger partial charge in [-0.05, 0) is 48.9 Å². The third-order valence-corrected chi connectivity index (χ3v) is 5.43. The monoisotopic (exact) mass is 534 g/mol. The molecule has 9 nitrogen and oxygen atoms in total. The number of primary amides is 1. The fourth-order valence-electron chi connectivity index (χ4n) is 3.72. The Bertz CT molecular complexity index is 1620. The zero-order valence-corrected chi connectivity index (χ0v) is 19.4. The number of fused-ring (bicyclic) bond motifs is 1. The summed E-state index contributed by atoms with van der Waals surface area (Å²) in [6, 6.07) is 6.95. The predicted molar refractivity (Wildman–Crippen MR) is 128 cm³/mol. The number of methoxy groups -OCH3 is 1. The van der Waals surface area contributed by atoms with Crippen molar-refractivity contribution < 1.29 is 40.7 Å². The second-order valence-corrected chi connectivity index (χ2v) is 7.92. The van der Waals surface area contributed by atoms with Crippen LogP contribution in [0, 0.1) is 5.82 Å². The number of pyridine rings is 1. The van der Waals surface area contributed by atoms with Crippen molar-refractivity contribution >= 4 is 22.7 Å². The minimum Gasteiger partial charge on any atom is -0.480 e. The van der Waals surface area contributed by atoms with Crippen molar-refractivity contribution in [3.8, 4) is 22.8 Å². The third kappa shape index (κ3) is 5.36. The Kier molecular flexibility index (Phi) is 5.92. The van der Waals surface area contributed by atoms with Crippen LogP contribution in [-0.4, -0.2) is 40.0 Å². The van der Waals surface area contributed by atoms with E-state index in [1.807, 2.05) is 0 Å². The Morgan fingerprint density at radius 3 is 2.66 bits per heavy atom. The molecule has 0 radical (unpaired) electrons. The summed E-state index contributed by atoms with van der Waals surface area (Å²) in [5.74, 6) is -3.64. The first-order valence-electron chi connectivity index (χ1n) is 12.7. The summed E-state index contributed by atoms with van der Waals surface area (Å²) in [4.78, 5) is 29.1. The Labute approximate surface area is 217 Å². The van der Waals surface area contributed by atoms with E-state index in [1.165, 1.54) is 16.9 Å². The van der Waals surface area contributed by atoms with Crippen LogP contribution in [0.25, 0.3) is 22.0 Å². The van der Waals surface area contributed by atoms with Crippen molar-refractivity contribution in [1.82, 2.24) is 20.1 Å². The number of carbonyl (C=O) groups excluding carboxylic acids is 2. The number of rotatable bonds is 7. The van der Waals surface area contributed by atoms with E-state index in [0.717, 1.165) is 18.2 Å². The van der Waals surface area contributed by atoms with E-state index in [2.05, 4.69) is 20.1 Å². The first-order valence-corrected chi connectivity index (χ1v) is 10.6. The Hall–Kier alpha value is -4.68. The number of nitrogens with one attached hydrogen (secondary N) is 1. The van der Waals surface area contributed by atoms with Crippen molar-refractivity contribution in [2.75, 3.05) is 7.09 Å². The average Bonchev–Trinajstić information content (AvgIpc) is 3.31. The lowest BCUT2D eigenvalue weighted by Crippen LogP contribution is -2.28. The van der Waals surface area contributed by atoms with Crippen LogP contribution >= 0.6 is 0 Å². The van der Waals surface area contributed by atoms with Gasteiger partial charge in [0.15, 0.2) is 5.69 Å². The van der Waals surface area contributed by atoms with Crippen LogP contribution in [0.15, 0.2) is 48.7 Å². The molecule has 0 aliphatic carbocycles. The molecule has 0 fully saturated rings. The van der Waals surface area contributed by atoms with Crippen LogP contribution in [0.5, 0.6) is 11.6 Å². The molecule has 0 aliphatic rings. The summed E-state index contributed by atoms with van der Waals surface area (Å²) in [6.45, 7) is -0.643. The summed E-state index contributed by atoms with van der Waals surface area (Å²) in [5.41, 5.74) is 6.00. The first kappa shape index (κ1) is 22.5. The summed E-state index contributed by atoms with van der Waals surface area (Å²) < 4.78 is 85.5. The van der Waals surface area contributed by atoms with E-state index in [4.69, 9.17) is 14.6 Å². The van der Waals surface area contributed by atoms with E-state index in [1.54, 1.807) is 18.2 Å². The maximum Gasteiger partial charge on any atom is 0.573 e. The zero-order chi connectivity index (χ0) is 29.9. The number of amides is 2. The summed E-state index contributed by atoms with van der Waals surface area (Å²) in [6.07, 6.45) is -3.69. The fourth-order valence-corrected chi connectivity index (χ4v) is 3.72. The van der Waals surface area contributed by atoms with Gasteiger partial charge in [-0.3, -0.25) is 14.3 Å². The van der Waals surface area contributed by atoms with Gasteiger partial charge in [-0.2, -0.15) is 5.10 Å². The third-order valence-electron chi connectivity index (χ3n) is 5.43. The van der Waals surface area contributed by atoms with E-state index in [0.29, 0.717) is 22.0 Å². The maximum absolute atomic E-state index is 14.5. The molecule has 13 heteroatoms. The quantitative estimate of drug-likeness (QED) is 0.342. The SMILES string of the molecule is [2H]COc1ncc(-c2ccc3c(C(N)=O)nn(C[2H])c3c2)cc1C(=O)N[C@H](C[2H])c1cc(OC(F)(F)F)ccc1F. The number of alkyl halides is 3. The number of nitrogens with two attached hydrogens (primary N) is 1. The summed E-state index contributed by atoms with van der Waals surface area (Å²) in [7, 11) is -0.916. The van der Waals surface area contributed by atoms with Crippen molar-refractivity contribution in [2.45, 2.75) is 19.3 Å². The molecule has 2 heterocycles. The average molecular weight is 534 g/mol. The van der Waals surface area contributed by atoms with E-state index >= 15 is 0 Å². The van der Waals surface area contributed by atoms with Gasteiger partial charge >= 0.3 is 6.36 Å². The van der Waals surface area contributed by atoms with Gasteiger partial charge in [0, 0.05) is 32.5 Å². The molecule has 2 aromatic carbocycles. The van der Waals surface area contributed by atoms with Crippen LogP contribution in [-0.2, 0) is 7.02 Å². The normalized spacial score (nSPS) is 13.3. The van der Waals surface area contributed by atoms with Crippen molar-refractivity contribution in [3.05, 3.63) is 71.3 Å². The van der Waals surface area contributed by atoms with Gasteiger partial charge < -0.3 is 20.5 Å². The molecule has 198 valence electrons. The van der Waals surface area contributed by atoms with Crippen molar-refractivity contribution in [2.24, 2.45) is 12.8 Å². The molecule has 4 rings (SSSR count). The van der Waals surface area contributed by atoms with Crippen LogP contribution in [0.1, 0.15) is 43.5 Å². The molecule has 0 spiro atoms. The highest BCUT2D eigenvalue weighted by Crippen LogP contribution is 2.30. The second-order valence-electron chi connectivity index (χ2n) is 7.92. The standard InChI is InChI=1S/C25H21F4N5O4/c1-12(17-10-15(5-7-19(17)26)38-25(27,28)29)32-23(36)18-8-14(11-31-24(18)37-3)13-4-6-16-20(9-13)34(2)33-21(16)22(30)35/h4-12H,1-3H3,(H2,30,35)(H,32,36)/t12-/m1/s1/i1D,2D,3D. The smallest absolute Gasteiger partial charge is 0.480 e. The minimum absolute atomic E-state index is 0.0189. The molecule has 38 heavy (non-hydrogen) atoms. The molecule has 0 unspecified atom stereocenters. The van der Waals surface area contributed by atoms with Crippen LogP contribution in [0.2, 0.25) is 0 Å². The molecule has 2 aromatic heterocycles. The van der Waals surface area contributed by atoms with Gasteiger partial charge in [0.05, 0.1) is 20.0 Å². The van der Waals surface area contributed by atoms with E-state index < -0.39 is 55.3 Å². The lowest BCUT2D eigenvalue weighted by atomic mass is 10.0. The van der Waals surface area contributed by atoms with Crippen LogP contribution in [0.4, 0.5) is 17.6 Å². The molecule has 0 saturated carbocycles. The zero-order valence-electron chi connectivity index (χ0n) is 22.4. The number of benzene rings is 2. The Morgan fingerprint density at radius 2 is 1.97 bits per heavy atom. The van der Waals surface area contributed by atoms with Crippen LogP contribution < -0.4 is 20.5 Å².